The Morgan fingerprint density at radius 2 is 0.488 bits per heavy atom. The van der Waals surface area contributed by atoms with E-state index in [2.05, 4.69) is 322 Å². The average Bonchev–Trinajstić information content (AvgIpc) is 1.55. The fourth-order valence-corrected chi connectivity index (χ4v) is 17.6. The van der Waals surface area contributed by atoms with Gasteiger partial charge in [0.05, 0.1) is 107 Å². The minimum absolute atomic E-state index is 0.199. The number of pyridine rings is 2. The molecule has 658 valence electrons. The van der Waals surface area contributed by atoms with Crippen LogP contribution in [0.25, 0.3) is 179 Å². The number of hydrogen-bond acceptors (Lipinski definition) is 13. The number of nitrogens with one attached hydrogen (secondary N) is 2. The normalized spacial score (nSPS) is 14.4. The number of rotatable bonds is 4. The van der Waals surface area contributed by atoms with Gasteiger partial charge in [-0.15, -0.1) is 0 Å². The van der Waals surface area contributed by atoms with Gasteiger partial charge in [-0.2, -0.15) is 0 Å². The Bertz CT molecular complexity index is 6660. The summed E-state index contributed by atoms with van der Waals surface area (Å²) < 4.78 is 29.8. The fourth-order valence-electron chi connectivity index (χ4n) is 17.6. The summed E-state index contributed by atoms with van der Waals surface area (Å²) in [5.41, 5.74) is 32.1. The molecule has 0 spiro atoms. The Morgan fingerprint density at radius 3 is 0.783 bits per heavy atom. The van der Waals surface area contributed by atoms with Gasteiger partial charge in [-0.05, 0) is 231 Å². The van der Waals surface area contributed by atoms with Crippen LogP contribution in [0.5, 0.6) is 11.5 Å². The van der Waals surface area contributed by atoms with Gasteiger partial charge in [-0.25, -0.2) is 39.9 Å². The van der Waals surface area contributed by atoms with Crippen LogP contribution in [-0.4, -0.2) is 103 Å². The van der Waals surface area contributed by atoms with Crippen molar-refractivity contribution in [2.24, 2.45) is 0 Å². The quantitative estimate of drug-likeness (QED) is 0.126. The largest absolute Gasteiger partial charge is 0.491 e. The van der Waals surface area contributed by atoms with Gasteiger partial charge in [0.25, 0.3) is 0 Å². The number of nitrogens with zero attached hydrogens (tertiary/aromatic N) is 8. The summed E-state index contributed by atoms with van der Waals surface area (Å²) in [6.07, 6.45) is 4.49. The number of hydrogen-bond donors (Lipinski definition) is 2. The van der Waals surface area contributed by atoms with Gasteiger partial charge in [0.2, 0.25) is 0 Å². The van der Waals surface area contributed by atoms with Crippen molar-refractivity contribution in [1.29, 1.82) is 0 Å². The van der Waals surface area contributed by atoms with Crippen LogP contribution < -0.4 is 9.47 Å². The minimum atomic E-state index is -0.268. The van der Waals surface area contributed by atoms with Crippen molar-refractivity contribution in [2.75, 3.05) is 52.9 Å². The third-order valence-corrected chi connectivity index (χ3v) is 25.6. The predicted molar refractivity (Wildman–Crippen MR) is 534 cm³/mol. The topological polar surface area (TPSA) is 181 Å². The fraction of sp³-hybridized carbons (Fsp3) is 0.351. The highest BCUT2D eigenvalue weighted by Gasteiger charge is 2.35. The maximum Gasteiger partial charge on any atom is 0.119 e. The van der Waals surface area contributed by atoms with Gasteiger partial charge >= 0.3 is 0 Å². The molecule has 5 aliphatic heterocycles. The van der Waals surface area contributed by atoms with E-state index in [4.69, 9.17) is 63.6 Å². The number of aromatic nitrogens is 10. The molecule has 0 unspecified atom stereocenters. The number of H-pyrrole nitrogens is 2. The van der Waals surface area contributed by atoms with Crippen molar-refractivity contribution in [3.63, 3.8) is 0 Å². The van der Waals surface area contributed by atoms with E-state index in [-0.39, 0.29) is 43.3 Å². The average molecular weight is 1710 g/mol. The van der Waals surface area contributed by atoms with Crippen LogP contribution in [0.3, 0.4) is 0 Å². The Morgan fingerprint density at radius 1 is 0.225 bits per heavy atom. The summed E-state index contributed by atoms with van der Waals surface area (Å²) in [6, 6.07) is 66.4. The van der Waals surface area contributed by atoms with Crippen molar-refractivity contribution in [3.05, 3.63) is 238 Å². The highest BCUT2D eigenvalue weighted by atomic mass is 16.6. The molecule has 15 heteroatoms. The highest BCUT2D eigenvalue weighted by Crippen LogP contribution is 2.51. The van der Waals surface area contributed by atoms with Crippen LogP contribution >= 0.6 is 0 Å². The lowest BCUT2D eigenvalue weighted by molar-refractivity contribution is 0.00499. The highest BCUT2D eigenvalue weighted by molar-refractivity contribution is 6.22. The molecule has 16 bridgehead atoms. The second-order valence-corrected chi connectivity index (χ2v) is 43.7. The molecule has 7 aromatic heterocycles. The molecule has 0 radical (unpaired) electrons. The predicted octanol–water partition coefficient (Wildman–Crippen LogP) is 28.2. The van der Waals surface area contributed by atoms with Crippen LogP contribution in [0.1, 0.15) is 222 Å². The molecule has 20 rings (SSSR count). The SMILES string of the molecule is CC(C)(C)c1cc(-c2c3nc(c(-c4cc(C(C)(C)C)cc(C(C)(C)C)c4)c4ccc([nH]4)c(-c4cc(C(C)(C)C)cc(C(C)(C)C)c4)c4nc(c(-c5cc(C(C)(C)C)cc(C(C)(C)C)c5)c5ccc2[nH]5)-c2nc5cc6nc7c8ccc9nc8c8nc(ccc8c7nc6cc5nc2-4)-c2ccc(cc2)OCCOCCOCCOCCOc2ccc-9cc2)C=C3)cc(C(C)(C)C)c1. The van der Waals surface area contributed by atoms with E-state index in [1.807, 2.05) is 48.5 Å². The Labute approximate surface area is 759 Å². The van der Waals surface area contributed by atoms with Gasteiger partial charge in [-0.3, -0.25) is 0 Å². The number of ether oxygens (including phenoxy) is 5. The third kappa shape index (κ3) is 17.5. The molecule has 8 aromatic carbocycles. The summed E-state index contributed by atoms with van der Waals surface area (Å²) >= 11 is 0. The molecule has 15 aromatic rings. The molecular weight excluding hydrogens is 1590 g/mol. The summed E-state index contributed by atoms with van der Waals surface area (Å²) in [5, 5.41) is 1.60. The molecule has 0 saturated carbocycles. The van der Waals surface area contributed by atoms with Crippen LogP contribution in [0.15, 0.2) is 182 Å². The zero-order valence-electron chi connectivity index (χ0n) is 79.8. The third-order valence-electron chi connectivity index (χ3n) is 25.6. The van der Waals surface area contributed by atoms with E-state index < -0.39 is 0 Å². The molecule has 2 N–H and O–H groups in total. The molecule has 15 nitrogen and oxygen atoms in total. The Hall–Kier alpha value is -12.1. The van der Waals surface area contributed by atoms with Crippen molar-refractivity contribution in [3.8, 4) is 101 Å². The van der Waals surface area contributed by atoms with Crippen molar-refractivity contribution in [2.45, 2.75) is 209 Å². The van der Waals surface area contributed by atoms with E-state index in [0.717, 1.165) is 123 Å². The van der Waals surface area contributed by atoms with Gasteiger partial charge < -0.3 is 33.7 Å². The lowest BCUT2D eigenvalue weighted by Gasteiger charge is -2.26. The number of benzene rings is 8. The van der Waals surface area contributed by atoms with E-state index in [1.54, 1.807) is 0 Å². The van der Waals surface area contributed by atoms with Gasteiger partial charge in [0.15, 0.2) is 0 Å². The van der Waals surface area contributed by atoms with Crippen LogP contribution in [-0.2, 0) is 57.5 Å². The van der Waals surface area contributed by atoms with Crippen LogP contribution in [0.4, 0.5) is 0 Å². The maximum atomic E-state index is 6.37. The van der Waals surface area contributed by atoms with Crippen LogP contribution in [0.2, 0.25) is 0 Å². The van der Waals surface area contributed by atoms with Crippen molar-refractivity contribution >= 4 is 89.1 Å². The monoisotopic (exact) mass is 1710 g/mol. The van der Waals surface area contributed by atoms with Crippen LogP contribution in [0, 0.1) is 0 Å². The molecule has 5 aliphatic rings. The first-order valence-corrected chi connectivity index (χ1v) is 45.8. The number of fused-ring (bicyclic) bond motifs is 18. The summed E-state index contributed by atoms with van der Waals surface area (Å²) in [5.74, 6) is 1.45. The Balaban J connectivity index is 0.973. The standard InChI is InChI=1S/C114H122N10O5/c1-107(2,3)71-51-67(52-72(59-71)108(4,5)6)95-85-37-38-86(115-85)96(68-53-73(109(7,8)9)60-74(54-68)110(10,11)12)88-40-42-90(117-88)98(70-57-77(113(19,20)21)62-78(58-70)114(22,23)24)104-106-105(103(124-104)97(89-41-39-87(95)116-89)69-55-75(111(13,14)15)61-76(56-69)112(16,17)18)122-93-63-91-92(64-94(93)123-106)121-102-82-34-36-84-66-27-31-80(32-28-66)129-50-48-127-46-44-125-43-45-126-47-49-128-79-29-25-65(26-30-79)83-35-33-81(101(102)120-91)99(118-83)100(82)119-84/h25-42,51-64,116-117H,43-50H2,1-24H3. The molecule has 0 aliphatic carbocycles. The second kappa shape index (κ2) is 32.5. The summed E-state index contributed by atoms with van der Waals surface area (Å²) in [6.45, 7) is 59.0. The zero-order chi connectivity index (χ0) is 91.1. The zero-order valence-corrected chi connectivity index (χ0v) is 79.8. The first-order chi connectivity index (χ1) is 60.9. The lowest BCUT2D eigenvalue weighted by Crippen LogP contribution is -2.16. The second-order valence-electron chi connectivity index (χ2n) is 43.7. The summed E-state index contributed by atoms with van der Waals surface area (Å²) in [4.78, 5) is 55.6. The smallest absolute Gasteiger partial charge is 0.119 e. The maximum absolute atomic E-state index is 6.37. The molecule has 0 saturated heterocycles. The first-order valence-electron chi connectivity index (χ1n) is 45.8. The van der Waals surface area contributed by atoms with Crippen molar-refractivity contribution in [1.82, 2.24) is 49.8 Å². The van der Waals surface area contributed by atoms with Gasteiger partial charge in [0, 0.05) is 66.2 Å². The minimum Gasteiger partial charge on any atom is -0.491 e. The lowest BCUT2D eigenvalue weighted by atomic mass is 9.78. The molecule has 0 fully saturated rings. The van der Waals surface area contributed by atoms with E-state index in [1.165, 1.54) is 44.5 Å². The van der Waals surface area contributed by atoms with Crippen molar-refractivity contribution < 1.29 is 23.7 Å². The van der Waals surface area contributed by atoms with Gasteiger partial charge in [-0.1, -0.05) is 239 Å². The molecular formula is C114H122N10O5. The first kappa shape index (κ1) is 87.5. The van der Waals surface area contributed by atoms with E-state index in [0.29, 0.717) is 120 Å². The number of aromatic amines is 2. The van der Waals surface area contributed by atoms with E-state index in [9.17, 15) is 0 Å². The Kier molecular flexibility index (Phi) is 22.1. The molecule has 12 heterocycles. The molecule has 129 heavy (non-hydrogen) atoms. The molecule has 0 atom stereocenters. The molecule has 0 amide bonds. The summed E-state index contributed by atoms with van der Waals surface area (Å²) in [7, 11) is 0. The van der Waals surface area contributed by atoms with Gasteiger partial charge in [0.1, 0.15) is 47.5 Å². The van der Waals surface area contributed by atoms with E-state index >= 15 is 0 Å².